The predicted molar refractivity (Wildman–Crippen MR) is 75.0 cm³/mol. The van der Waals surface area contributed by atoms with Crippen LogP contribution in [0.1, 0.15) is 18.9 Å². The molecule has 0 bridgehead atoms. The molecular weight excluding hydrogens is 266 g/mol. The second kappa shape index (κ2) is 8.37. The molecule has 3 N–H and O–H groups in total. The minimum atomic E-state index is -0.234. The number of hydrogen-bond donors (Lipinski definition) is 3. The summed E-state index contributed by atoms with van der Waals surface area (Å²) in [6.45, 7) is 2.97. The molecule has 1 rings (SSSR count). The van der Waals surface area contributed by atoms with Crippen LogP contribution < -0.4 is 16.0 Å². The number of carbonyl (C=O) groups excluding carboxylic acids is 2. The highest BCUT2D eigenvalue weighted by molar-refractivity contribution is 6.30. The first-order chi connectivity index (χ1) is 9.08. The van der Waals surface area contributed by atoms with Crippen LogP contribution in [0.4, 0.5) is 4.79 Å². The van der Waals surface area contributed by atoms with Gasteiger partial charge in [-0.15, -0.1) is 0 Å². The highest BCUT2D eigenvalue weighted by Crippen LogP contribution is 2.09. The van der Waals surface area contributed by atoms with Crippen molar-refractivity contribution in [1.82, 2.24) is 16.0 Å². The van der Waals surface area contributed by atoms with Crippen LogP contribution in [0.15, 0.2) is 24.3 Å². The Morgan fingerprint density at radius 1 is 1.16 bits per heavy atom. The summed E-state index contributed by atoms with van der Waals surface area (Å²) in [6, 6.07) is 7.09. The summed E-state index contributed by atoms with van der Waals surface area (Å²) >= 11 is 5.84. The van der Waals surface area contributed by atoms with Gasteiger partial charge in [0.05, 0.1) is 0 Å². The van der Waals surface area contributed by atoms with E-state index in [4.69, 9.17) is 11.6 Å². The van der Waals surface area contributed by atoms with Crippen LogP contribution >= 0.6 is 11.6 Å². The van der Waals surface area contributed by atoms with Crippen molar-refractivity contribution in [3.63, 3.8) is 0 Å². The molecule has 0 aliphatic carbocycles. The zero-order valence-corrected chi connectivity index (χ0v) is 11.6. The van der Waals surface area contributed by atoms with Gasteiger partial charge in [0, 0.05) is 31.6 Å². The van der Waals surface area contributed by atoms with Gasteiger partial charge >= 0.3 is 6.03 Å². The van der Waals surface area contributed by atoms with Crippen LogP contribution in [0.5, 0.6) is 0 Å². The first kappa shape index (κ1) is 15.3. The van der Waals surface area contributed by atoms with Gasteiger partial charge in [-0.2, -0.15) is 0 Å². The third kappa shape index (κ3) is 7.31. The molecule has 5 nitrogen and oxygen atoms in total. The van der Waals surface area contributed by atoms with Gasteiger partial charge in [-0.1, -0.05) is 23.7 Å². The van der Waals surface area contributed by atoms with Crippen LogP contribution in [0.2, 0.25) is 5.02 Å². The number of halogens is 1. The fraction of sp³-hybridized carbons (Fsp3) is 0.385. The third-order valence-electron chi connectivity index (χ3n) is 2.36. The Hall–Kier alpha value is -1.75. The summed E-state index contributed by atoms with van der Waals surface area (Å²) in [5, 5.41) is 8.74. The van der Waals surface area contributed by atoms with Crippen LogP contribution in [-0.2, 0) is 11.3 Å². The molecule has 0 radical (unpaired) electrons. The number of urea groups is 1. The van der Waals surface area contributed by atoms with E-state index in [-0.39, 0.29) is 11.9 Å². The zero-order valence-electron chi connectivity index (χ0n) is 10.8. The maximum absolute atomic E-state index is 11.5. The number of carbonyl (C=O) groups is 2. The number of amides is 3. The molecule has 0 saturated carbocycles. The summed E-state index contributed by atoms with van der Waals surface area (Å²) < 4.78 is 0. The topological polar surface area (TPSA) is 70.2 Å². The van der Waals surface area contributed by atoms with E-state index in [1.807, 2.05) is 12.1 Å². The SMILES string of the molecule is CC(=O)NCCCNC(=O)NCc1cccc(Cl)c1. The molecule has 0 atom stereocenters. The van der Waals surface area contributed by atoms with Crippen molar-refractivity contribution in [2.75, 3.05) is 13.1 Å². The fourth-order valence-electron chi connectivity index (χ4n) is 1.45. The Kier molecular flexibility index (Phi) is 6.74. The number of nitrogens with one attached hydrogen (secondary N) is 3. The first-order valence-electron chi connectivity index (χ1n) is 6.08. The predicted octanol–water partition coefficient (Wildman–Crippen LogP) is 1.67. The van der Waals surface area contributed by atoms with Crippen molar-refractivity contribution in [1.29, 1.82) is 0 Å². The van der Waals surface area contributed by atoms with E-state index in [2.05, 4.69) is 16.0 Å². The lowest BCUT2D eigenvalue weighted by Crippen LogP contribution is -2.36. The smallest absolute Gasteiger partial charge is 0.315 e. The molecule has 0 spiro atoms. The molecule has 1 aromatic carbocycles. The van der Waals surface area contributed by atoms with E-state index in [9.17, 15) is 9.59 Å². The largest absolute Gasteiger partial charge is 0.356 e. The normalized spacial score (nSPS) is 9.79. The van der Waals surface area contributed by atoms with Crippen LogP contribution in [-0.4, -0.2) is 25.0 Å². The molecule has 0 aromatic heterocycles. The molecule has 1 aromatic rings. The monoisotopic (exact) mass is 283 g/mol. The minimum absolute atomic E-state index is 0.0644. The van der Waals surface area contributed by atoms with Gasteiger partial charge in [-0.25, -0.2) is 4.79 Å². The lowest BCUT2D eigenvalue weighted by Gasteiger charge is -2.08. The van der Waals surface area contributed by atoms with Gasteiger partial charge in [0.15, 0.2) is 0 Å². The van der Waals surface area contributed by atoms with Crippen molar-refractivity contribution < 1.29 is 9.59 Å². The summed E-state index contributed by atoms with van der Waals surface area (Å²) in [5.41, 5.74) is 0.945. The van der Waals surface area contributed by atoms with E-state index in [1.54, 1.807) is 12.1 Å². The van der Waals surface area contributed by atoms with Gasteiger partial charge < -0.3 is 16.0 Å². The second-order valence-electron chi connectivity index (χ2n) is 4.08. The van der Waals surface area contributed by atoms with Gasteiger partial charge in [0.25, 0.3) is 0 Å². The maximum Gasteiger partial charge on any atom is 0.315 e. The highest BCUT2D eigenvalue weighted by Gasteiger charge is 2.00. The van der Waals surface area contributed by atoms with Gasteiger partial charge in [-0.3, -0.25) is 4.79 Å². The highest BCUT2D eigenvalue weighted by atomic mass is 35.5. The third-order valence-corrected chi connectivity index (χ3v) is 2.59. The summed E-state index contributed by atoms with van der Waals surface area (Å²) in [5.74, 6) is -0.0644. The van der Waals surface area contributed by atoms with Crippen LogP contribution in [0.25, 0.3) is 0 Å². The molecule has 3 amide bonds. The van der Waals surface area contributed by atoms with Gasteiger partial charge in [0.2, 0.25) is 5.91 Å². The van der Waals surface area contributed by atoms with E-state index in [0.717, 1.165) is 5.56 Å². The lowest BCUT2D eigenvalue weighted by atomic mass is 10.2. The molecule has 0 aliphatic rings. The number of benzene rings is 1. The molecule has 104 valence electrons. The molecule has 0 unspecified atom stereocenters. The quantitative estimate of drug-likeness (QED) is 0.695. The van der Waals surface area contributed by atoms with Crippen molar-refractivity contribution in [3.05, 3.63) is 34.9 Å². The van der Waals surface area contributed by atoms with E-state index in [1.165, 1.54) is 6.92 Å². The number of hydrogen-bond acceptors (Lipinski definition) is 2. The second-order valence-corrected chi connectivity index (χ2v) is 4.51. The summed E-state index contributed by atoms with van der Waals surface area (Å²) in [4.78, 5) is 22.1. The van der Waals surface area contributed by atoms with Crippen molar-refractivity contribution >= 4 is 23.5 Å². The summed E-state index contributed by atoms with van der Waals surface area (Å²) in [6.07, 6.45) is 0.699. The van der Waals surface area contributed by atoms with Gasteiger partial charge in [-0.05, 0) is 24.1 Å². The first-order valence-corrected chi connectivity index (χ1v) is 6.46. The molecule has 0 heterocycles. The van der Waals surface area contributed by atoms with E-state index in [0.29, 0.717) is 31.1 Å². The minimum Gasteiger partial charge on any atom is -0.356 e. The van der Waals surface area contributed by atoms with Crippen molar-refractivity contribution in [2.45, 2.75) is 19.9 Å². The summed E-state index contributed by atoms with van der Waals surface area (Å²) in [7, 11) is 0. The molecule has 0 saturated heterocycles. The molecular formula is C13H18ClN3O2. The number of rotatable bonds is 6. The Labute approximate surface area is 117 Å². The average Bonchev–Trinajstić information content (AvgIpc) is 2.35. The Morgan fingerprint density at radius 2 is 1.89 bits per heavy atom. The molecule has 0 fully saturated rings. The maximum atomic E-state index is 11.5. The molecule has 0 aliphatic heterocycles. The Morgan fingerprint density at radius 3 is 2.58 bits per heavy atom. The van der Waals surface area contributed by atoms with Gasteiger partial charge in [0.1, 0.15) is 0 Å². The van der Waals surface area contributed by atoms with Crippen molar-refractivity contribution in [3.8, 4) is 0 Å². The van der Waals surface area contributed by atoms with Crippen molar-refractivity contribution in [2.24, 2.45) is 0 Å². The van der Waals surface area contributed by atoms with E-state index >= 15 is 0 Å². The fourth-order valence-corrected chi connectivity index (χ4v) is 1.66. The Balaban J connectivity index is 2.13. The Bertz CT molecular complexity index is 438. The average molecular weight is 284 g/mol. The molecule has 19 heavy (non-hydrogen) atoms. The van der Waals surface area contributed by atoms with Crippen LogP contribution in [0, 0.1) is 0 Å². The van der Waals surface area contributed by atoms with Crippen LogP contribution in [0.3, 0.4) is 0 Å². The molecule has 6 heteroatoms. The standard InChI is InChI=1S/C13H18ClN3O2/c1-10(18)15-6-3-7-16-13(19)17-9-11-4-2-5-12(14)8-11/h2,4-5,8H,3,6-7,9H2,1H3,(H,15,18)(H2,16,17,19). The lowest BCUT2D eigenvalue weighted by molar-refractivity contribution is -0.118. The zero-order chi connectivity index (χ0) is 14.1. The van der Waals surface area contributed by atoms with E-state index < -0.39 is 0 Å².